The Morgan fingerprint density at radius 2 is 1.78 bits per heavy atom. The van der Waals surface area contributed by atoms with E-state index in [1.54, 1.807) is 18.2 Å². The van der Waals surface area contributed by atoms with E-state index < -0.39 is 19.9 Å². The Balaban J connectivity index is 3.18. The van der Waals surface area contributed by atoms with Gasteiger partial charge in [-0.1, -0.05) is 70.9 Å². The van der Waals surface area contributed by atoms with Crippen LogP contribution in [0, 0.1) is 0 Å². The van der Waals surface area contributed by atoms with E-state index in [1.165, 1.54) is 26.5 Å². The number of allylic oxidation sites excluding steroid dienone is 4. The molecule has 202 valence electrons. The molecule has 1 aliphatic rings. The van der Waals surface area contributed by atoms with Crippen molar-refractivity contribution in [3.63, 3.8) is 0 Å². The minimum absolute atomic E-state index is 0.174. The summed E-state index contributed by atoms with van der Waals surface area (Å²) in [6.07, 6.45) is 17.9. The quantitative estimate of drug-likeness (QED) is 0.0694. The molecule has 0 bridgehead atoms. The maximum absolute atomic E-state index is 12.8. The molecule has 0 saturated heterocycles. The summed E-state index contributed by atoms with van der Waals surface area (Å²) < 4.78 is 17.1. The third-order valence-corrected chi connectivity index (χ3v) is 11.6. The highest BCUT2D eigenvalue weighted by molar-refractivity contribution is 6.73. The van der Waals surface area contributed by atoms with Crippen LogP contribution in [0.2, 0.25) is 18.1 Å². The summed E-state index contributed by atoms with van der Waals surface area (Å²) in [5, 5.41) is 0. The lowest BCUT2D eigenvalue weighted by atomic mass is 9.91. The van der Waals surface area contributed by atoms with Gasteiger partial charge in [0, 0.05) is 25.3 Å². The van der Waals surface area contributed by atoms with Crippen LogP contribution in [0.4, 0.5) is 0 Å². The Labute approximate surface area is 219 Å². The van der Waals surface area contributed by atoms with Crippen molar-refractivity contribution in [3.05, 3.63) is 48.1 Å². The minimum Gasteiger partial charge on any atom is -0.469 e. The van der Waals surface area contributed by atoms with Crippen LogP contribution in [-0.2, 0) is 28.3 Å². The fourth-order valence-electron chi connectivity index (χ4n) is 4.43. The van der Waals surface area contributed by atoms with Gasteiger partial charge in [0.15, 0.2) is 19.7 Å². The maximum atomic E-state index is 12.8. The largest absolute Gasteiger partial charge is 0.469 e. The second-order valence-electron chi connectivity index (χ2n) is 9.33. The molecule has 0 aliphatic heterocycles. The summed E-state index contributed by atoms with van der Waals surface area (Å²) >= 11 is 0. The molecule has 1 aliphatic carbocycles. The Morgan fingerprint density at radius 1 is 1.08 bits per heavy atom. The molecule has 36 heavy (non-hydrogen) atoms. The monoisotopic (exact) mass is 518 g/mol. The van der Waals surface area contributed by atoms with E-state index in [-0.39, 0.29) is 24.3 Å². The van der Waals surface area contributed by atoms with Gasteiger partial charge in [-0.05, 0) is 49.5 Å². The number of unbranched alkanes of at least 4 members (excludes halogenated alkanes) is 3. The van der Waals surface area contributed by atoms with Crippen LogP contribution in [0.25, 0.3) is 0 Å². The van der Waals surface area contributed by atoms with E-state index in [2.05, 4.69) is 33.8 Å². The van der Waals surface area contributed by atoms with Gasteiger partial charge in [-0.2, -0.15) is 0 Å². The Bertz CT molecular complexity index is 828. The number of rotatable bonds is 17. The van der Waals surface area contributed by atoms with Gasteiger partial charge >= 0.3 is 11.9 Å². The van der Waals surface area contributed by atoms with Gasteiger partial charge in [-0.3, -0.25) is 14.4 Å². The standard InChI is InChI=1S/C29H46O6Si/c1-7-11-12-13-14-15-22-29(34-24(5)30)23-21-27(31)26(29)18-16-17-25(19-20-28(32)33-6)35-36(8-2,9-3)10-4/h14-18,21,23,25H,7-13,19-20,22H2,1-6H3/b15-14+,17-16-,26-18+/t25?,29-/m0/s1. The molecule has 6 nitrogen and oxygen atoms in total. The average Bonchev–Trinajstić information content (AvgIpc) is 3.16. The number of esters is 2. The van der Waals surface area contributed by atoms with Gasteiger partial charge in [0.2, 0.25) is 0 Å². The zero-order chi connectivity index (χ0) is 27.0. The molecule has 0 fully saturated rings. The van der Waals surface area contributed by atoms with Crippen molar-refractivity contribution >= 4 is 26.0 Å². The number of carbonyl (C=O) groups excluding carboxylic acids is 3. The normalized spacial score (nSPS) is 20.1. The molecule has 0 saturated carbocycles. The van der Waals surface area contributed by atoms with Crippen LogP contribution >= 0.6 is 0 Å². The van der Waals surface area contributed by atoms with Crippen LogP contribution < -0.4 is 0 Å². The number of ether oxygens (including phenoxy) is 2. The summed E-state index contributed by atoms with van der Waals surface area (Å²) in [5.41, 5.74) is -0.685. The molecule has 2 atom stereocenters. The van der Waals surface area contributed by atoms with E-state index in [0.717, 1.165) is 37.4 Å². The topological polar surface area (TPSA) is 78.9 Å². The number of carbonyl (C=O) groups is 3. The first kappa shape index (κ1) is 31.8. The molecule has 0 radical (unpaired) electrons. The van der Waals surface area contributed by atoms with E-state index in [0.29, 0.717) is 18.4 Å². The number of methoxy groups -OCH3 is 1. The first-order valence-electron chi connectivity index (χ1n) is 13.4. The first-order chi connectivity index (χ1) is 17.2. The fourth-order valence-corrected chi connectivity index (χ4v) is 7.27. The Kier molecular flexibility index (Phi) is 14.5. The maximum Gasteiger partial charge on any atom is 0.305 e. The Morgan fingerprint density at radius 3 is 2.36 bits per heavy atom. The number of hydrogen-bond donors (Lipinski definition) is 0. The van der Waals surface area contributed by atoms with Crippen molar-refractivity contribution in [1.29, 1.82) is 0 Å². The summed E-state index contributed by atoms with van der Waals surface area (Å²) in [4.78, 5) is 36.5. The third kappa shape index (κ3) is 10.0. The Hall–Kier alpha value is -2.25. The molecule has 0 aromatic heterocycles. The highest BCUT2D eigenvalue weighted by Gasteiger charge is 2.41. The molecule has 1 unspecified atom stereocenters. The highest BCUT2D eigenvalue weighted by Crippen LogP contribution is 2.35. The lowest BCUT2D eigenvalue weighted by molar-refractivity contribution is -0.149. The smallest absolute Gasteiger partial charge is 0.305 e. The predicted molar refractivity (Wildman–Crippen MR) is 147 cm³/mol. The van der Waals surface area contributed by atoms with Crippen molar-refractivity contribution in [2.24, 2.45) is 0 Å². The molecule has 0 N–H and O–H groups in total. The summed E-state index contributed by atoms with van der Waals surface area (Å²) in [6.45, 7) is 10.0. The van der Waals surface area contributed by atoms with E-state index in [4.69, 9.17) is 13.9 Å². The van der Waals surface area contributed by atoms with E-state index in [1.807, 2.05) is 12.2 Å². The van der Waals surface area contributed by atoms with E-state index in [9.17, 15) is 14.4 Å². The minimum atomic E-state index is -1.92. The molecule has 0 heterocycles. The van der Waals surface area contributed by atoms with Gasteiger partial charge < -0.3 is 13.9 Å². The van der Waals surface area contributed by atoms with Crippen LogP contribution in [0.3, 0.4) is 0 Å². The SMILES string of the molecule is CCCCC/C=C/C[C@]1(OC(C)=O)C=CC(=O)/C1=C\C=C/C(CCC(=O)OC)O[Si](CC)(CC)CC. The van der Waals surface area contributed by atoms with Gasteiger partial charge in [0.05, 0.1) is 13.2 Å². The number of hydrogen-bond acceptors (Lipinski definition) is 6. The van der Waals surface area contributed by atoms with Gasteiger partial charge in [0.1, 0.15) is 0 Å². The van der Waals surface area contributed by atoms with Crippen LogP contribution in [-0.4, -0.2) is 44.9 Å². The molecular formula is C29H46O6Si. The van der Waals surface area contributed by atoms with E-state index >= 15 is 0 Å². The molecule has 0 amide bonds. The second kappa shape index (κ2) is 16.5. The summed E-state index contributed by atoms with van der Waals surface area (Å²) in [7, 11) is -0.539. The molecule has 1 rings (SSSR count). The first-order valence-corrected chi connectivity index (χ1v) is 16.0. The molecule has 0 spiro atoms. The molecule has 7 heteroatoms. The van der Waals surface area contributed by atoms with Crippen LogP contribution in [0.5, 0.6) is 0 Å². The lowest BCUT2D eigenvalue weighted by Crippen LogP contribution is -2.39. The molecular weight excluding hydrogens is 472 g/mol. The van der Waals surface area contributed by atoms with Crippen LogP contribution in [0.1, 0.15) is 79.6 Å². The van der Waals surface area contributed by atoms with Gasteiger partial charge in [0.25, 0.3) is 0 Å². The van der Waals surface area contributed by atoms with Gasteiger partial charge in [-0.15, -0.1) is 0 Å². The van der Waals surface area contributed by atoms with Crippen molar-refractivity contribution in [2.75, 3.05) is 7.11 Å². The summed E-state index contributed by atoms with van der Waals surface area (Å²) in [5.74, 6) is -0.888. The molecule has 0 aromatic rings. The van der Waals surface area contributed by atoms with Crippen molar-refractivity contribution < 1.29 is 28.3 Å². The molecule has 0 aromatic carbocycles. The zero-order valence-corrected chi connectivity index (χ0v) is 24.1. The van der Waals surface area contributed by atoms with Crippen molar-refractivity contribution in [2.45, 2.75) is 109 Å². The van der Waals surface area contributed by atoms with Gasteiger partial charge in [-0.25, -0.2) is 0 Å². The predicted octanol–water partition coefficient (Wildman–Crippen LogP) is 6.78. The van der Waals surface area contributed by atoms with Crippen LogP contribution in [0.15, 0.2) is 48.1 Å². The van der Waals surface area contributed by atoms with Crippen molar-refractivity contribution in [1.82, 2.24) is 0 Å². The highest BCUT2D eigenvalue weighted by atomic mass is 28.4. The zero-order valence-electron chi connectivity index (χ0n) is 23.1. The number of ketones is 1. The third-order valence-electron chi connectivity index (χ3n) is 6.90. The van der Waals surface area contributed by atoms with Crippen molar-refractivity contribution in [3.8, 4) is 0 Å². The average molecular weight is 519 g/mol. The fraction of sp³-hybridized carbons (Fsp3) is 0.621. The second-order valence-corrected chi connectivity index (χ2v) is 14.1. The lowest BCUT2D eigenvalue weighted by Gasteiger charge is -2.32. The summed E-state index contributed by atoms with van der Waals surface area (Å²) in [6, 6.07) is 2.98.